The van der Waals surface area contributed by atoms with E-state index in [0.29, 0.717) is 12.5 Å². The minimum Gasteiger partial charge on any atom is -0.388 e. The van der Waals surface area contributed by atoms with Crippen LogP contribution in [0, 0.1) is 11.3 Å². The lowest BCUT2D eigenvalue weighted by molar-refractivity contribution is -0.139. The number of nitrogens with two attached hydrogens (primary N) is 1. The molecule has 0 aromatic heterocycles. The molecule has 1 saturated heterocycles. The second-order valence-corrected chi connectivity index (χ2v) is 6.56. The van der Waals surface area contributed by atoms with Gasteiger partial charge in [0.15, 0.2) is 0 Å². The van der Waals surface area contributed by atoms with E-state index < -0.39 is 5.60 Å². The van der Waals surface area contributed by atoms with Crippen LogP contribution in [-0.4, -0.2) is 42.3 Å². The number of nitrogens with zero attached hydrogens (tertiary/aromatic N) is 1. The smallest absolute Gasteiger partial charge is 0.0842 e. The van der Waals surface area contributed by atoms with Crippen molar-refractivity contribution in [1.29, 1.82) is 0 Å². The number of hydrogen-bond donors (Lipinski definition) is 2. The number of piperidine rings is 1. The van der Waals surface area contributed by atoms with E-state index in [-0.39, 0.29) is 5.41 Å². The minimum absolute atomic E-state index is 0.0284. The Balaban J connectivity index is 2.20. The number of hydrogen-bond acceptors (Lipinski definition) is 3. The second-order valence-electron chi connectivity index (χ2n) is 6.56. The van der Waals surface area contributed by atoms with E-state index in [1.165, 1.54) is 12.8 Å². The SMILES string of the molecule is CC1CCCC(CN)(C2(O)CCCN(C)C2)C1. The fourth-order valence-corrected chi connectivity index (χ4v) is 4.14. The van der Waals surface area contributed by atoms with Gasteiger partial charge < -0.3 is 15.7 Å². The molecule has 1 saturated carbocycles. The summed E-state index contributed by atoms with van der Waals surface area (Å²) < 4.78 is 0. The van der Waals surface area contributed by atoms with Crippen LogP contribution >= 0.6 is 0 Å². The van der Waals surface area contributed by atoms with Gasteiger partial charge in [0.1, 0.15) is 0 Å². The van der Waals surface area contributed by atoms with Gasteiger partial charge in [-0.3, -0.25) is 0 Å². The molecule has 0 aromatic carbocycles. The van der Waals surface area contributed by atoms with Crippen LogP contribution < -0.4 is 5.73 Å². The number of aliphatic hydroxyl groups is 1. The van der Waals surface area contributed by atoms with Gasteiger partial charge in [-0.05, 0) is 45.2 Å². The van der Waals surface area contributed by atoms with Gasteiger partial charge in [0.05, 0.1) is 5.60 Å². The van der Waals surface area contributed by atoms with Crippen molar-refractivity contribution >= 4 is 0 Å². The summed E-state index contributed by atoms with van der Waals surface area (Å²) in [4.78, 5) is 2.26. The molecule has 3 nitrogen and oxygen atoms in total. The molecule has 3 heteroatoms. The van der Waals surface area contributed by atoms with Gasteiger partial charge in [0.2, 0.25) is 0 Å². The Morgan fingerprint density at radius 3 is 2.71 bits per heavy atom. The Labute approximate surface area is 105 Å². The summed E-state index contributed by atoms with van der Waals surface area (Å²) in [6, 6.07) is 0. The molecular weight excluding hydrogens is 212 g/mol. The molecule has 3 unspecified atom stereocenters. The van der Waals surface area contributed by atoms with Gasteiger partial charge in [-0.2, -0.15) is 0 Å². The first-order valence-corrected chi connectivity index (χ1v) is 7.12. The Hall–Kier alpha value is -0.120. The predicted molar refractivity (Wildman–Crippen MR) is 70.8 cm³/mol. The molecule has 100 valence electrons. The molecule has 0 aromatic rings. The highest BCUT2D eigenvalue weighted by Gasteiger charge is 2.51. The monoisotopic (exact) mass is 240 g/mol. The molecule has 1 heterocycles. The molecule has 2 rings (SSSR count). The number of likely N-dealkylation sites (N-methyl/N-ethyl adjacent to an activating group) is 1. The predicted octanol–water partition coefficient (Wildman–Crippen LogP) is 1.60. The van der Waals surface area contributed by atoms with Crippen LogP contribution in [0.5, 0.6) is 0 Å². The van der Waals surface area contributed by atoms with Gasteiger partial charge >= 0.3 is 0 Å². The highest BCUT2D eigenvalue weighted by atomic mass is 16.3. The van der Waals surface area contributed by atoms with Crippen LogP contribution in [0.15, 0.2) is 0 Å². The van der Waals surface area contributed by atoms with Gasteiger partial charge in [0.25, 0.3) is 0 Å². The molecule has 3 atom stereocenters. The summed E-state index contributed by atoms with van der Waals surface area (Å²) in [6.07, 6.45) is 6.77. The van der Waals surface area contributed by atoms with Crippen molar-refractivity contribution in [2.24, 2.45) is 17.1 Å². The van der Waals surface area contributed by atoms with E-state index in [9.17, 15) is 5.11 Å². The van der Waals surface area contributed by atoms with Crippen LogP contribution in [0.3, 0.4) is 0 Å². The topological polar surface area (TPSA) is 49.5 Å². The maximum atomic E-state index is 11.1. The average molecular weight is 240 g/mol. The number of β-amino-alcohol motifs (C(OH)–C–C–N with tert-alkyl or cyclic N) is 1. The largest absolute Gasteiger partial charge is 0.388 e. The molecule has 3 N–H and O–H groups in total. The van der Waals surface area contributed by atoms with Crippen molar-refractivity contribution in [3.63, 3.8) is 0 Å². The standard InChI is InChI=1S/C14H28N2O/c1-12-5-3-6-13(9-12,10-15)14(17)7-4-8-16(2)11-14/h12,17H,3-11,15H2,1-2H3. The maximum Gasteiger partial charge on any atom is 0.0842 e. The lowest BCUT2D eigenvalue weighted by atomic mass is 9.58. The highest BCUT2D eigenvalue weighted by Crippen LogP contribution is 2.49. The first-order chi connectivity index (χ1) is 8.01. The van der Waals surface area contributed by atoms with E-state index in [1.807, 2.05) is 0 Å². The highest BCUT2D eigenvalue weighted by molar-refractivity contribution is 5.04. The molecule has 0 spiro atoms. The first kappa shape index (κ1) is 13.3. The zero-order valence-corrected chi connectivity index (χ0v) is 11.4. The van der Waals surface area contributed by atoms with Crippen molar-refractivity contribution < 1.29 is 5.11 Å². The third-order valence-electron chi connectivity index (χ3n) is 5.13. The third-order valence-corrected chi connectivity index (χ3v) is 5.13. The van der Waals surface area contributed by atoms with Crippen LogP contribution in [0.25, 0.3) is 0 Å². The van der Waals surface area contributed by atoms with Crippen molar-refractivity contribution in [3.8, 4) is 0 Å². The van der Waals surface area contributed by atoms with Gasteiger partial charge in [0, 0.05) is 18.5 Å². The minimum atomic E-state index is -0.552. The average Bonchev–Trinajstić information content (AvgIpc) is 2.28. The summed E-state index contributed by atoms with van der Waals surface area (Å²) in [5.74, 6) is 0.712. The second kappa shape index (κ2) is 4.87. The molecule has 0 bridgehead atoms. The molecule has 1 aliphatic heterocycles. The van der Waals surface area contributed by atoms with Crippen molar-refractivity contribution in [2.45, 2.75) is 51.0 Å². The summed E-state index contributed by atoms with van der Waals surface area (Å²) in [7, 11) is 2.11. The lowest BCUT2D eigenvalue weighted by Gasteiger charge is -2.54. The number of likely N-dealkylation sites (tertiary alicyclic amines) is 1. The fraction of sp³-hybridized carbons (Fsp3) is 1.00. The van der Waals surface area contributed by atoms with E-state index in [2.05, 4.69) is 18.9 Å². The van der Waals surface area contributed by atoms with E-state index >= 15 is 0 Å². The van der Waals surface area contributed by atoms with Crippen molar-refractivity contribution in [1.82, 2.24) is 4.90 Å². The van der Waals surface area contributed by atoms with Gasteiger partial charge in [-0.25, -0.2) is 0 Å². The third kappa shape index (κ3) is 2.38. The lowest BCUT2D eigenvalue weighted by Crippen LogP contribution is -2.61. The fourth-order valence-electron chi connectivity index (χ4n) is 4.14. The zero-order chi connectivity index (χ0) is 12.5. The Bertz CT molecular complexity index is 271. The Morgan fingerprint density at radius 2 is 2.12 bits per heavy atom. The van der Waals surface area contributed by atoms with E-state index in [1.54, 1.807) is 0 Å². The molecule has 2 fully saturated rings. The summed E-state index contributed by atoms with van der Waals surface area (Å²) >= 11 is 0. The van der Waals surface area contributed by atoms with Gasteiger partial charge in [-0.15, -0.1) is 0 Å². The first-order valence-electron chi connectivity index (χ1n) is 7.12. The van der Waals surface area contributed by atoms with E-state index in [4.69, 9.17) is 5.73 Å². The summed E-state index contributed by atoms with van der Waals surface area (Å²) in [5.41, 5.74) is 5.50. The molecule has 1 aliphatic carbocycles. The molecule has 17 heavy (non-hydrogen) atoms. The van der Waals surface area contributed by atoms with Gasteiger partial charge in [-0.1, -0.05) is 19.8 Å². The van der Waals surface area contributed by atoms with E-state index in [0.717, 1.165) is 38.8 Å². The molecule has 0 radical (unpaired) electrons. The number of rotatable bonds is 2. The maximum absolute atomic E-state index is 11.1. The van der Waals surface area contributed by atoms with Crippen LogP contribution in [-0.2, 0) is 0 Å². The summed E-state index contributed by atoms with van der Waals surface area (Å²) in [6.45, 7) is 4.86. The summed E-state index contributed by atoms with van der Waals surface area (Å²) in [5, 5.41) is 11.1. The van der Waals surface area contributed by atoms with Crippen molar-refractivity contribution in [3.05, 3.63) is 0 Å². The quantitative estimate of drug-likeness (QED) is 0.771. The zero-order valence-electron chi connectivity index (χ0n) is 11.4. The van der Waals surface area contributed by atoms with Crippen LogP contribution in [0.1, 0.15) is 45.4 Å². The Morgan fingerprint density at radius 1 is 1.35 bits per heavy atom. The van der Waals surface area contributed by atoms with Crippen molar-refractivity contribution in [2.75, 3.05) is 26.7 Å². The molecular formula is C14H28N2O. The molecule has 2 aliphatic rings. The Kier molecular flexibility index (Phi) is 3.81. The normalized spacial score (nSPS) is 44.8. The molecule has 0 amide bonds. The van der Waals surface area contributed by atoms with Crippen LogP contribution in [0.2, 0.25) is 0 Å². The van der Waals surface area contributed by atoms with Crippen LogP contribution in [0.4, 0.5) is 0 Å².